The van der Waals surface area contributed by atoms with Crippen LogP contribution in [0.25, 0.3) is 0 Å². The number of aryl methyl sites for hydroxylation is 1. The molecule has 0 atom stereocenters. The third-order valence-electron chi connectivity index (χ3n) is 3.80. The van der Waals surface area contributed by atoms with Gasteiger partial charge in [0.25, 0.3) is 10.0 Å². The highest BCUT2D eigenvalue weighted by molar-refractivity contribution is 7.92. The number of rotatable bonds is 4. The highest BCUT2D eigenvalue weighted by atomic mass is 32.2. The Morgan fingerprint density at radius 1 is 1.22 bits per heavy atom. The van der Waals surface area contributed by atoms with Crippen LogP contribution >= 0.6 is 0 Å². The molecule has 27 heavy (non-hydrogen) atoms. The van der Waals surface area contributed by atoms with Crippen LogP contribution < -0.4 is 10.6 Å². The lowest BCUT2D eigenvalue weighted by molar-refractivity contribution is -0.113. The number of sulfonamides is 1. The van der Waals surface area contributed by atoms with E-state index in [1.807, 2.05) is 0 Å². The number of halogens is 1. The quantitative estimate of drug-likeness (QED) is 0.790. The highest BCUT2D eigenvalue weighted by Crippen LogP contribution is 2.28. The molecule has 1 aliphatic heterocycles. The Bertz CT molecular complexity index is 1170. The fourth-order valence-corrected chi connectivity index (χ4v) is 4.64. The molecule has 0 radical (unpaired) electrons. The number of hydrogen-bond acceptors (Lipinski definition) is 6. The van der Waals surface area contributed by atoms with E-state index in [1.54, 1.807) is 6.92 Å². The van der Waals surface area contributed by atoms with Gasteiger partial charge in [-0.3, -0.25) is 4.79 Å². The summed E-state index contributed by atoms with van der Waals surface area (Å²) in [5.74, 6) is -2.38. The van der Waals surface area contributed by atoms with Gasteiger partial charge < -0.3 is 10.6 Å². The van der Waals surface area contributed by atoms with Crippen molar-refractivity contribution >= 4 is 43.5 Å². The summed E-state index contributed by atoms with van der Waals surface area (Å²) in [6.07, 6.45) is 0.987. The standard InChI is InChI=1S/C16H14FN3O5S2/c1-10-2-3-11(17)6-14(10)20-16(21)8-26(22,23)12-4-5-13-15(7-12)27(24,25)19-9-18-13/h2-7,9H,8H2,1H3,(H,18,19)(H,20,21). The zero-order chi connectivity index (χ0) is 19.8. The zero-order valence-electron chi connectivity index (χ0n) is 13.9. The minimum atomic E-state index is -4.14. The Kier molecular flexibility index (Phi) is 4.74. The average molecular weight is 411 g/mol. The van der Waals surface area contributed by atoms with Crippen molar-refractivity contribution in [2.75, 3.05) is 16.4 Å². The summed E-state index contributed by atoms with van der Waals surface area (Å²) >= 11 is 0. The van der Waals surface area contributed by atoms with Crippen LogP contribution in [-0.4, -0.2) is 34.8 Å². The predicted octanol–water partition coefficient (Wildman–Crippen LogP) is 1.69. The van der Waals surface area contributed by atoms with E-state index in [9.17, 15) is 26.0 Å². The SMILES string of the molecule is Cc1ccc(F)cc1NC(=O)CS(=O)(=O)c1ccc2c(c1)S(=O)(=O)N=CN2. The van der Waals surface area contributed by atoms with Crippen molar-refractivity contribution < 1.29 is 26.0 Å². The summed E-state index contributed by atoms with van der Waals surface area (Å²) in [4.78, 5) is 11.5. The van der Waals surface area contributed by atoms with Crippen LogP contribution in [0.1, 0.15) is 5.56 Å². The fourth-order valence-electron chi connectivity index (χ4n) is 2.42. The van der Waals surface area contributed by atoms with E-state index < -0.39 is 37.3 Å². The second-order valence-corrected chi connectivity index (χ2v) is 9.37. The van der Waals surface area contributed by atoms with Crippen LogP contribution in [-0.2, 0) is 24.7 Å². The first kappa shape index (κ1) is 19.0. The molecular formula is C16H14FN3O5S2. The number of hydrogen-bond donors (Lipinski definition) is 2. The van der Waals surface area contributed by atoms with Crippen molar-refractivity contribution in [1.82, 2.24) is 0 Å². The molecule has 0 unspecified atom stereocenters. The maximum Gasteiger partial charge on any atom is 0.285 e. The van der Waals surface area contributed by atoms with E-state index >= 15 is 0 Å². The summed E-state index contributed by atoms with van der Waals surface area (Å²) in [6, 6.07) is 7.16. The smallest absolute Gasteiger partial charge is 0.285 e. The molecule has 11 heteroatoms. The summed E-state index contributed by atoms with van der Waals surface area (Å²) in [5, 5.41) is 4.94. The van der Waals surface area contributed by atoms with Crippen molar-refractivity contribution in [1.29, 1.82) is 0 Å². The van der Waals surface area contributed by atoms with Gasteiger partial charge in [-0.15, -0.1) is 4.40 Å². The summed E-state index contributed by atoms with van der Waals surface area (Å²) in [7, 11) is -8.15. The van der Waals surface area contributed by atoms with Crippen molar-refractivity contribution in [3.8, 4) is 0 Å². The number of nitrogens with zero attached hydrogens (tertiary/aromatic N) is 1. The molecule has 2 aromatic carbocycles. The van der Waals surface area contributed by atoms with E-state index in [0.717, 1.165) is 18.5 Å². The van der Waals surface area contributed by atoms with Gasteiger partial charge in [0.2, 0.25) is 5.91 Å². The van der Waals surface area contributed by atoms with Gasteiger partial charge in [-0.25, -0.2) is 12.8 Å². The van der Waals surface area contributed by atoms with Gasteiger partial charge in [-0.1, -0.05) is 6.07 Å². The molecule has 8 nitrogen and oxygen atoms in total. The van der Waals surface area contributed by atoms with Crippen molar-refractivity contribution in [2.24, 2.45) is 4.40 Å². The number of benzene rings is 2. The summed E-state index contributed by atoms with van der Waals surface area (Å²) in [6.45, 7) is 1.63. The molecule has 142 valence electrons. The minimum absolute atomic E-state index is 0.154. The molecule has 0 aliphatic carbocycles. The van der Waals surface area contributed by atoms with Crippen LogP contribution in [0.5, 0.6) is 0 Å². The molecule has 1 amide bonds. The lowest BCUT2D eigenvalue weighted by atomic mass is 10.2. The molecule has 0 saturated carbocycles. The minimum Gasteiger partial charge on any atom is -0.345 e. The van der Waals surface area contributed by atoms with Crippen LogP contribution in [0, 0.1) is 12.7 Å². The molecule has 3 rings (SSSR count). The number of sulfone groups is 1. The fraction of sp³-hybridized carbons (Fsp3) is 0.125. The van der Waals surface area contributed by atoms with E-state index in [-0.39, 0.29) is 21.2 Å². The van der Waals surface area contributed by atoms with Gasteiger partial charge in [-0.2, -0.15) is 8.42 Å². The molecule has 0 fully saturated rings. The Balaban J connectivity index is 1.85. The lowest BCUT2D eigenvalue weighted by Gasteiger charge is -2.14. The molecule has 0 saturated heterocycles. The second kappa shape index (κ2) is 6.74. The van der Waals surface area contributed by atoms with Gasteiger partial charge in [0.15, 0.2) is 9.84 Å². The third kappa shape index (κ3) is 3.98. The number of fused-ring (bicyclic) bond motifs is 1. The first-order valence-corrected chi connectivity index (χ1v) is 10.7. The highest BCUT2D eigenvalue weighted by Gasteiger charge is 2.26. The average Bonchev–Trinajstić information content (AvgIpc) is 2.57. The van der Waals surface area contributed by atoms with Gasteiger partial charge in [0.1, 0.15) is 22.8 Å². The van der Waals surface area contributed by atoms with Gasteiger partial charge in [-0.05, 0) is 42.8 Å². The van der Waals surface area contributed by atoms with Crippen LogP contribution in [0.15, 0.2) is 50.6 Å². The molecule has 1 aliphatic rings. The van der Waals surface area contributed by atoms with Crippen LogP contribution in [0.2, 0.25) is 0 Å². The predicted molar refractivity (Wildman–Crippen MR) is 97.6 cm³/mol. The first-order chi connectivity index (χ1) is 12.6. The van der Waals surface area contributed by atoms with Crippen molar-refractivity contribution in [3.05, 3.63) is 47.8 Å². The Morgan fingerprint density at radius 3 is 2.70 bits per heavy atom. The molecule has 0 aromatic heterocycles. The maximum absolute atomic E-state index is 13.3. The van der Waals surface area contributed by atoms with E-state index in [0.29, 0.717) is 5.56 Å². The number of anilines is 2. The zero-order valence-corrected chi connectivity index (χ0v) is 15.6. The van der Waals surface area contributed by atoms with Crippen LogP contribution in [0.3, 0.4) is 0 Å². The first-order valence-electron chi connectivity index (χ1n) is 7.57. The number of amides is 1. The van der Waals surface area contributed by atoms with E-state index in [2.05, 4.69) is 15.0 Å². The molecular weight excluding hydrogens is 397 g/mol. The molecule has 2 N–H and O–H groups in total. The normalized spacial score (nSPS) is 14.9. The third-order valence-corrected chi connectivity index (χ3v) is 6.69. The van der Waals surface area contributed by atoms with Gasteiger partial charge in [0.05, 0.1) is 10.6 Å². The molecule has 0 bridgehead atoms. The van der Waals surface area contributed by atoms with Crippen LogP contribution in [0.4, 0.5) is 15.8 Å². The largest absolute Gasteiger partial charge is 0.345 e. The van der Waals surface area contributed by atoms with Gasteiger partial charge >= 0.3 is 0 Å². The summed E-state index contributed by atoms with van der Waals surface area (Å²) in [5.41, 5.74) is 0.900. The lowest BCUT2D eigenvalue weighted by Crippen LogP contribution is -2.24. The number of carbonyl (C=O) groups is 1. The number of nitrogens with one attached hydrogen (secondary N) is 2. The molecule has 2 aromatic rings. The molecule has 1 heterocycles. The summed E-state index contributed by atoms with van der Waals surface area (Å²) < 4.78 is 65.4. The Labute approximate surface area is 155 Å². The number of carbonyl (C=O) groups excluding carboxylic acids is 1. The van der Waals surface area contributed by atoms with E-state index in [1.165, 1.54) is 24.3 Å². The van der Waals surface area contributed by atoms with Crippen molar-refractivity contribution in [3.63, 3.8) is 0 Å². The second-order valence-electron chi connectivity index (χ2n) is 5.78. The van der Waals surface area contributed by atoms with Gasteiger partial charge in [0, 0.05) is 5.69 Å². The Morgan fingerprint density at radius 2 is 1.96 bits per heavy atom. The monoisotopic (exact) mass is 411 g/mol. The van der Waals surface area contributed by atoms with E-state index in [4.69, 9.17) is 0 Å². The maximum atomic E-state index is 13.3. The molecule has 0 spiro atoms. The van der Waals surface area contributed by atoms with Crippen molar-refractivity contribution in [2.45, 2.75) is 16.7 Å². The topological polar surface area (TPSA) is 122 Å². The Hall–Kier alpha value is -2.79.